The fourth-order valence-electron chi connectivity index (χ4n) is 2.48. The number of nitrogens with two attached hydrogens (primary N) is 1. The summed E-state index contributed by atoms with van der Waals surface area (Å²) in [7, 11) is 0. The van der Waals surface area contributed by atoms with Crippen LogP contribution in [0.2, 0.25) is 0 Å². The SMILES string of the molecule is NC(=O)c1c(NC(=O)c2ccsc2)sc2c1CCCC2. The summed E-state index contributed by atoms with van der Waals surface area (Å²) in [5.74, 6) is -0.641. The molecule has 0 unspecified atom stereocenters. The van der Waals surface area contributed by atoms with Crippen LogP contribution in [0.25, 0.3) is 0 Å². The summed E-state index contributed by atoms with van der Waals surface area (Å²) in [5.41, 5.74) is 7.65. The molecule has 3 rings (SSSR count). The van der Waals surface area contributed by atoms with Gasteiger partial charge in [-0.25, -0.2) is 0 Å². The van der Waals surface area contributed by atoms with Gasteiger partial charge in [-0.1, -0.05) is 0 Å². The van der Waals surface area contributed by atoms with E-state index in [9.17, 15) is 9.59 Å². The van der Waals surface area contributed by atoms with Gasteiger partial charge in [-0.15, -0.1) is 11.3 Å². The third-order valence-corrected chi connectivity index (χ3v) is 5.32. The van der Waals surface area contributed by atoms with Crippen LogP contribution in [0, 0.1) is 0 Å². The molecular weight excluding hydrogens is 292 g/mol. The fourth-order valence-corrected chi connectivity index (χ4v) is 4.41. The Balaban J connectivity index is 1.95. The molecule has 104 valence electrons. The zero-order chi connectivity index (χ0) is 14.1. The van der Waals surface area contributed by atoms with Crippen molar-refractivity contribution in [1.82, 2.24) is 0 Å². The molecule has 0 aliphatic heterocycles. The standard InChI is InChI=1S/C14H14N2O2S2/c15-12(17)11-9-3-1-2-4-10(9)20-14(11)16-13(18)8-5-6-19-7-8/h5-7H,1-4H2,(H2,15,17)(H,16,18). The maximum Gasteiger partial charge on any atom is 0.257 e. The third kappa shape index (κ3) is 2.36. The summed E-state index contributed by atoms with van der Waals surface area (Å²) in [5, 5.41) is 7.07. The van der Waals surface area contributed by atoms with Gasteiger partial charge in [0, 0.05) is 10.3 Å². The molecule has 2 aromatic rings. The average molecular weight is 306 g/mol. The predicted molar refractivity (Wildman–Crippen MR) is 81.8 cm³/mol. The van der Waals surface area contributed by atoms with Gasteiger partial charge in [0.1, 0.15) is 5.00 Å². The van der Waals surface area contributed by atoms with Crippen molar-refractivity contribution in [2.75, 3.05) is 5.32 Å². The second-order valence-corrected chi connectivity index (χ2v) is 6.63. The molecule has 0 spiro atoms. The zero-order valence-electron chi connectivity index (χ0n) is 10.8. The average Bonchev–Trinajstić information content (AvgIpc) is 3.05. The summed E-state index contributed by atoms with van der Waals surface area (Å²) >= 11 is 2.95. The number of amides is 2. The van der Waals surface area contributed by atoms with E-state index in [-0.39, 0.29) is 5.91 Å². The van der Waals surface area contributed by atoms with E-state index in [1.165, 1.54) is 27.6 Å². The Morgan fingerprint density at radius 1 is 1.25 bits per heavy atom. The van der Waals surface area contributed by atoms with E-state index >= 15 is 0 Å². The number of rotatable bonds is 3. The van der Waals surface area contributed by atoms with Crippen LogP contribution in [0.15, 0.2) is 16.8 Å². The molecule has 2 aromatic heterocycles. The van der Waals surface area contributed by atoms with E-state index < -0.39 is 5.91 Å². The van der Waals surface area contributed by atoms with Crippen LogP contribution < -0.4 is 11.1 Å². The number of hydrogen-bond acceptors (Lipinski definition) is 4. The second-order valence-electron chi connectivity index (χ2n) is 4.75. The minimum Gasteiger partial charge on any atom is -0.365 e. The first-order chi connectivity index (χ1) is 9.66. The van der Waals surface area contributed by atoms with Crippen LogP contribution in [0.1, 0.15) is 44.0 Å². The second kappa shape index (κ2) is 5.38. The molecule has 4 nitrogen and oxygen atoms in total. The highest BCUT2D eigenvalue weighted by molar-refractivity contribution is 7.17. The number of primary amides is 1. The summed E-state index contributed by atoms with van der Waals surface area (Å²) in [4.78, 5) is 25.0. The molecule has 0 atom stereocenters. The van der Waals surface area contributed by atoms with Crippen molar-refractivity contribution in [3.8, 4) is 0 Å². The van der Waals surface area contributed by atoms with Gasteiger partial charge in [0.25, 0.3) is 11.8 Å². The van der Waals surface area contributed by atoms with Gasteiger partial charge in [-0.3, -0.25) is 9.59 Å². The lowest BCUT2D eigenvalue weighted by Crippen LogP contribution is -2.18. The van der Waals surface area contributed by atoms with Crippen LogP contribution in [0.5, 0.6) is 0 Å². The minimum atomic E-state index is -0.454. The number of carbonyl (C=O) groups is 2. The predicted octanol–water partition coefficient (Wildman–Crippen LogP) is 3.04. The first-order valence-corrected chi connectivity index (χ1v) is 8.20. The monoisotopic (exact) mass is 306 g/mol. The van der Waals surface area contributed by atoms with Crippen molar-refractivity contribution in [3.05, 3.63) is 38.4 Å². The Morgan fingerprint density at radius 2 is 2.05 bits per heavy atom. The Kier molecular flexibility index (Phi) is 3.58. The molecule has 0 saturated carbocycles. The highest BCUT2D eigenvalue weighted by Crippen LogP contribution is 2.38. The molecule has 0 radical (unpaired) electrons. The van der Waals surface area contributed by atoms with E-state index in [1.54, 1.807) is 11.4 Å². The maximum atomic E-state index is 12.1. The quantitative estimate of drug-likeness (QED) is 0.915. The smallest absolute Gasteiger partial charge is 0.257 e. The number of hydrogen-bond donors (Lipinski definition) is 2. The van der Waals surface area contributed by atoms with Gasteiger partial charge in [0.15, 0.2) is 0 Å². The van der Waals surface area contributed by atoms with E-state index in [2.05, 4.69) is 5.32 Å². The van der Waals surface area contributed by atoms with Gasteiger partial charge >= 0.3 is 0 Å². The minimum absolute atomic E-state index is 0.188. The first kappa shape index (κ1) is 13.3. The highest BCUT2D eigenvalue weighted by Gasteiger charge is 2.25. The number of aryl methyl sites for hydroxylation is 1. The van der Waals surface area contributed by atoms with Crippen LogP contribution in [-0.2, 0) is 12.8 Å². The van der Waals surface area contributed by atoms with E-state index in [0.717, 1.165) is 31.2 Å². The van der Waals surface area contributed by atoms with Crippen molar-refractivity contribution >= 4 is 39.5 Å². The number of thiophene rings is 2. The van der Waals surface area contributed by atoms with Gasteiger partial charge in [-0.2, -0.15) is 11.3 Å². The summed E-state index contributed by atoms with van der Waals surface area (Å²) < 4.78 is 0. The lowest BCUT2D eigenvalue weighted by atomic mass is 9.95. The molecule has 1 aliphatic carbocycles. The Morgan fingerprint density at radius 3 is 2.75 bits per heavy atom. The number of anilines is 1. The van der Waals surface area contributed by atoms with Crippen molar-refractivity contribution in [2.45, 2.75) is 25.7 Å². The molecule has 2 amide bonds. The molecule has 0 aromatic carbocycles. The molecule has 0 fully saturated rings. The van der Waals surface area contributed by atoms with E-state index in [0.29, 0.717) is 16.1 Å². The van der Waals surface area contributed by atoms with Crippen molar-refractivity contribution in [1.29, 1.82) is 0 Å². The fraction of sp³-hybridized carbons (Fsp3) is 0.286. The highest BCUT2D eigenvalue weighted by atomic mass is 32.1. The van der Waals surface area contributed by atoms with Crippen molar-refractivity contribution in [3.63, 3.8) is 0 Å². The molecular formula is C14H14N2O2S2. The Labute approximate surface area is 124 Å². The lowest BCUT2D eigenvalue weighted by Gasteiger charge is -2.11. The van der Waals surface area contributed by atoms with Gasteiger partial charge in [0.05, 0.1) is 11.1 Å². The Bertz CT molecular complexity index is 659. The van der Waals surface area contributed by atoms with Gasteiger partial charge < -0.3 is 11.1 Å². The zero-order valence-corrected chi connectivity index (χ0v) is 12.4. The maximum absolute atomic E-state index is 12.1. The van der Waals surface area contributed by atoms with E-state index in [1.807, 2.05) is 5.38 Å². The molecule has 1 aliphatic rings. The van der Waals surface area contributed by atoms with Crippen LogP contribution >= 0.6 is 22.7 Å². The molecule has 0 saturated heterocycles. The number of fused-ring (bicyclic) bond motifs is 1. The lowest BCUT2D eigenvalue weighted by molar-refractivity contribution is 0.100. The van der Waals surface area contributed by atoms with Gasteiger partial charge in [0.2, 0.25) is 0 Å². The topological polar surface area (TPSA) is 72.2 Å². The molecule has 2 heterocycles. The number of nitrogens with one attached hydrogen (secondary N) is 1. The first-order valence-electron chi connectivity index (χ1n) is 6.44. The number of carbonyl (C=O) groups excluding carboxylic acids is 2. The Hall–Kier alpha value is -1.66. The van der Waals surface area contributed by atoms with Gasteiger partial charge in [-0.05, 0) is 42.7 Å². The van der Waals surface area contributed by atoms with Crippen molar-refractivity contribution in [2.24, 2.45) is 5.73 Å². The largest absolute Gasteiger partial charge is 0.365 e. The van der Waals surface area contributed by atoms with E-state index in [4.69, 9.17) is 5.73 Å². The molecule has 20 heavy (non-hydrogen) atoms. The van der Waals surface area contributed by atoms with Crippen LogP contribution in [-0.4, -0.2) is 11.8 Å². The molecule has 0 bridgehead atoms. The molecule has 6 heteroatoms. The third-order valence-electron chi connectivity index (χ3n) is 3.43. The summed E-state index contributed by atoms with van der Waals surface area (Å²) in [6, 6.07) is 1.76. The molecule has 3 N–H and O–H groups in total. The van der Waals surface area contributed by atoms with Crippen molar-refractivity contribution < 1.29 is 9.59 Å². The summed E-state index contributed by atoms with van der Waals surface area (Å²) in [6.07, 6.45) is 4.04. The summed E-state index contributed by atoms with van der Waals surface area (Å²) in [6.45, 7) is 0. The normalized spacial score (nSPS) is 13.8. The van der Waals surface area contributed by atoms with Crippen LogP contribution in [0.3, 0.4) is 0 Å². The van der Waals surface area contributed by atoms with Crippen LogP contribution in [0.4, 0.5) is 5.00 Å².